The maximum Gasteiger partial charge on any atom is 0.138 e. The second-order valence-electron chi connectivity index (χ2n) is 5.17. The third-order valence-electron chi connectivity index (χ3n) is 3.07. The number of nitrogens with zero attached hydrogens (tertiary/aromatic N) is 1. The molecule has 0 amide bonds. The molecule has 0 aliphatic rings. The zero-order valence-electron chi connectivity index (χ0n) is 11.9. The van der Waals surface area contributed by atoms with E-state index in [1.807, 2.05) is 50.2 Å². The molecule has 5 heteroatoms. The number of hydrogen-bond acceptors (Lipinski definition) is 3. The van der Waals surface area contributed by atoms with Crippen molar-refractivity contribution < 1.29 is 4.74 Å². The number of ether oxygens (including phenoxy) is 1. The maximum atomic E-state index is 6.26. The summed E-state index contributed by atoms with van der Waals surface area (Å²) in [6.07, 6.45) is 0.0857. The lowest BCUT2D eigenvalue weighted by Gasteiger charge is -2.11. The summed E-state index contributed by atoms with van der Waals surface area (Å²) in [4.78, 5) is 7.79. The number of anilines is 1. The lowest BCUT2D eigenvalue weighted by molar-refractivity contribution is 0.242. The van der Waals surface area contributed by atoms with Crippen molar-refractivity contribution in [2.45, 2.75) is 20.0 Å². The molecule has 1 heterocycles. The van der Waals surface area contributed by atoms with Crippen LogP contribution in [0, 0.1) is 0 Å². The number of nitrogens with one attached hydrogen (secondary N) is 1. The minimum atomic E-state index is 0.0857. The van der Waals surface area contributed by atoms with Crippen molar-refractivity contribution in [3.63, 3.8) is 0 Å². The molecule has 3 N–H and O–H groups in total. The Morgan fingerprint density at radius 2 is 2.00 bits per heavy atom. The lowest BCUT2D eigenvalue weighted by Crippen LogP contribution is -2.05. The van der Waals surface area contributed by atoms with Crippen molar-refractivity contribution in [1.82, 2.24) is 9.97 Å². The predicted molar refractivity (Wildman–Crippen MR) is 86.7 cm³/mol. The number of aromatic amines is 1. The number of aromatic nitrogens is 2. The first kappa shape index (κ1) is 13.8. The molecule has 2 aromatic carbocycles. The van der Waals surface area contributed by atoms with E-state index >= 15 is 0 Å². The summed E-state index contributed by atoms with van der Waals surface area (Å²) in [6.45, 7) is 3.93. The normalized spacial score (nSPS) is 11.2. The van der Waals surface area contributed by atoms with Crippen LogP contribution in [0.25, 0.3) is 22.4 Å². The van der Waals surface area contributed by atoms with Crippen LogP contribution >= 0.6 is 11.6 Å². The molecule has 0 bridgehead atoms. The fraction of sp³-hybridized carbons (Fsp3) is 0.188. The zero-order valence-corrected chi connectivity index (χ0v) is 12.6. The van der Waals surface area contributed by atoms with Crippen molar-refractivity contribution in [3.8, 4) is 17.1 Å². The van der Waals surface area contributed by atoms with Gasteiger partial charge in [-0.3, -0.25) is 0 Å². The SMILES string of the molecule is CC(C)Oc1ccc(-c2nc3ccc(N)cc3[nH]2)cc1Cl. The molecule has 0 aliphatic carbocycles. The average Bonchev–Trinajstić information content (AvgIpc) is 2.83. The van der Waals surface area contributed by atoms with Crippen LogP contribution in [0.3, 0.4) is 0 Å². The molecule has 21 heavy (non-hydrogen) atoms. The quantitative estimate of drug-likeness (QED) is 0.711. The third-order valence-corrected chi connectivity index (χ3v) is 3.37. The highest BCUT2D eigenvalue weighted by Gasteiger charge is 2.09. The Labute approximate surface area is 127 Å². The van der Waals surface area contributed by atoms with Crippen LogP contribution in [0.1, 0.15) is 13.8 Å². The maximum absolute atomic E-state index is 6.26. The zero-order chi connectivity index (χ0) is 15.0. The van der Waals surface area contributed by atoms with Crippen molar-refractivity contribution in [2.75, 3.05) is 5.73 Å². The van der Waals surface area contributed by atoms with E-state index in [1.165, 1.54) is 0 Å². The second kappa shape index (κ2) is 5.30. The van der Waals surface area contributed by atoms with Gasteiger partial charge < -0.3 is 15.5 Å². The van der Waals surface area contributed by atoms with Crippen LogP contribution in [0.4, 0.5) is 5.69 Å². The molecular formula is C16H16ClN3O. The molecule has 0 atom stereocenters. The summed E-state index contributed by atoms with van der Waals surface area (Å²) in [6, 6.07) is 11.2. The molecule has 3 rings (SSSR count). The second-order valence-corrected chi connectivity index (χ2v) is 5.58. The fourth-order valence-electron chi connectivity index (χ4n) is 2.16. The molecule has 0 saturated carbocycles. The Morgan fingerprint density at radius 1 is 1.19 bits per heavy atom. The van der Waals surface area contributed by atoms with E-state index in [0.29, 0.717) is 16.5 Å². The number of hydrogen-bond donors (Lipinski definition) is 2. The summed E-state index contributed by atoms with van der Waals surface area (Å²) in [5.74, 6) is 1.43. The van der Waals surface area contributed by atoms with E-state index in [9.17, 15) is 0 Å². The Balaban J connectivity index is 2.00. The average molecular weight is 302 g/mol. The fourth-order valence-corrected chi connectivity index (χ4v) is 2.39. The number of benzene rings is 2. The number of rotatable bonds is 3. The number of halogens is 1. The summed E-state index contributed by atoms with van der Waals surface area (Å²) < 4.78 is 5.63. The van der Waals surface area contributed by atoms with E-state index in [4.69, 9.17) is 22.1 Å². The summed E-state index contributed by atoms with van der Waals surface area (Å²) in [7, 11) is 0. The van der Waals surface area contributed by atoms with Crippen LogP contribution in [0.2, 0.25) is 5.02 Å². The van der Waals surface area contributed by atoms with Gasteiger partial charge in [0, 0.05) is 11.3 Å². The van der Waals surface area contributed by atoms with Gasteiger partial charge in [0.25, 0.3) is 0 Å². The van der Waals surface area contributed by atoms with Gasteiger partial charge in [0.15, 0.2) is 0 Å². The van der Waals surface area contributed by atoms with Crippen LogP contribution in [-0.2, 0) is 0 Å². The van der Waals surface area contributed by atoms with Crippen molar-refractivity contribution >= 4 is 28.3 Å². The summed E-state index contributed by atoms with van der Waals surface area (Å²) in [5, 5.41) is 0.571. The lowest BCUT2D eigenvalue weighted by atomic mass is 10.2. The van der Waals surface area contributed by atoms with Gasteiger partial charge in [-0.25, -0.2) is 4.98 Å². The number of nitrogens with two attached hydrogens (primary N) is 1. The van der Waals surface area contributed by atoms with Gasteiger partial charge in [-0.15, -0.1) is 0 Å². The van der Waals surface area contributed by atoms with Crippen molar-refractivity contribution in [3.05, 3.63) is 41.4 Å². The van der Waals surface area contributed by atoms with Crippen LogP contribution in [0.5, 0.6) is 5.75 Å². The molecule has 0 saturated heterocycles. The highest BCUT2D eigenvalue weighted by molar-refractivity contribution is 6.32. The number of H-pyrrole nitrogens is 1. The van der Waals surface area contributed by atoms with E-state index in [1.54, 1.807) is 0 Å². The first-order valence-corrected chi connectivity index (χ1v) is 7.12. The molecule has 1 aromatic heterocycles. The molecule has 4 nitrogen and oxygen atoms in total. The monoisotopic (exact) mass is 301 g/mol. The standard InChI is InChI=1S/C16H16ClN3O/c1-9(2)21-15-6-3-10(7-12(15)17)16-19-13-5-4-11(18)8-14(13)20-16/h3-9H,18H2,1-2H3,(H,19,20). The Bertz CT molecular complexity index is 795. The van der Waals surface area contributed by atoms with Gasteiger partial charge in [0.2, 0.25) is 0 Å². The Kier molecular flexibility index (Phi) is 3.47. The molecule has 0 aliphatic heterocycles. The predicted octanol–water partition coefficient (Wildman–Crippen LogP) is 4.25. The van der Waals surface area contributed by atoms with Crippen LogP contribution in [-0.4, -0.2) is 16.1 Å². The minimum absolute atomic E-state index is 0.0857. The topological polar surface area (TPSA) is 63.9 Å². The summed E-state index contributed by atoms with van der Waals surface area (Å²) >= 11 is 6.26. The minimum Gasteiger partial charge on any atom is -0.489 e. The number of nitrogen functional groups attached to an aromatic ring is 1. The van der Waals surface area contributed by atoms with E-state index in [-0.39, 0.29) is 6.10 Å². The van der Waals surface area contributed by atoms with Gasteiger partial charge in [0.05, 0.1) is 22.2 Å². The molecule has 3 aromatic rings. The highest BCUT2D eigenvalue weighted by Crippen LogP contribution is 2.31. The number of imidazole rings is 1. The summed E-state index contributed by atoms with van der Waals surface area (Å²) in [5.41, 5.74) is 9.17. The van der Waals surface area contributed by atoms with Gasteiger partial charge in [-0.05, 0) is 50.2 Å². The van der Waals surface area contributed by atoms with Crippen LogP contribution < -0.4 is 10.5 Å². The first-order valence-electron chi connectivity index (χ1n) is 6.75. The molecule has 0 fully saturated rings. The molecule has 0 unspecified atom stereocenters. The van der Waals surface area contributed by atoms with Crippen molar-refractivity contribution in [2.24, 2.45) is 0 Å². The van der Waals surface area contributed by atoms with Gasteiger partial charge in [-0.1, -0.05) is 11.6 Å². The molecular weight excluding hydrogens is 286 g/mol. The van der Waals surface area contributed by atoms with Crippen molar-refractivity contribution in [1.29, 1.82) is 0 Å². The van der Waals surface area contributed by atoms with E-state index < -0.39 is 0 Å². The molecule has 0 spiro atoms. The van der Waals surface area contributed by atoms with Gasteiger partial charge >= 0.3 is 0 Å². The number of fused-ring (bicyclic) bond motifs is 1. The van der Waals surface area contributed by atoms with E-state index in [0.717, 1.165) is 22.4 Å². The van der Waals surface area contributed by atoms with E-state index in [2.05, 4.69) is 9.97 Å². The first-order chi connectivity index (χ1) is 10.0. The van der Waals surface area contributed by atoms with Gasteiger partial charge in [-0.2, -0.15) is 0 Å². The smallest absolute Gasteiger partial charge is 0.138 e. The third kappa shape index (κ3) is 2.81. The Hall–Kier alpha value is -2.20. The Morgan fingerprint density at radius 3 is 2.71 bits per heavy atom. The largest absolute Gasteiger partial charge is 0.489 e. The molecule has 108 valence electrons. The van der Waals surface area contributed by atoms with Gasteiger partial charge in [0.1, 0.15) is 11.6 Å². The van der Waals surface area contributed by atoms with Crippen LogP contribution in [0.15, 0.2) is 36.4 Å². The molecule has 0 radical (unpaired) electrons. The highest BCUT2D eigenvalue weighted by atomic mass is 35.5.